The van der Waals surface area contributed by atoms with Crippen LogP contribution in [0.5, 0.6) is 11.5 Å². The van der Waals surface area contributed by atoms with E-state index in [0.717, 1.165) is 39.2 Å². The molecule has 1 N–H and O–H groups in total. The quantitative estimate of drug-likeness (QED) is 0.775. The summed E-state index contributed by atoms with van der Waals surface area (Å²) in [6.07, 6.45) is 0.988. The van der Waals surface area contributed by atoms with Gasteiger partial charge in [0.1, 0.15) is 18.1 Å². The minimum Gasteiger partial charge on any atom is -0.493 e. The molecule has 0 bridgehead atoms. The molecule has 5 heteroatoms. The van der Waals surface area contributed by atoms with Crippen molar-refractivity contribution in [3.63, 3.8) is 0 Å². The molecule has 0 fully saturated rings. The lowest BCUT2D eigenvalue weighted by Gasteiger charge is -2.13. The Hall–Kier alpha value is -1.23. The molecule has 0 amide bonds. The molecule has 21 heavy (non-hydrogen) atoms. The fourth-order valence-corrected chi connectivity index (χ4v) is 2.89. The Kier molecular flexibility index (Phi) is 6.36. The average molecular weight is 326 g/mol. The van der Waals surface area contributed by atoms with E-state index in [2.05, 4.69) is 12.2 Å². The molecular formula is C16H20ClNO2S. The molecule has 2 aromatic rings. The predicted molar refractivity (Wildman–Crippen MR) is 88.7 cm³/mol. The van der Waals surface area contributed by atoms with Crippen molar-refractivity contribution in [1.82, 2.24) is 5.32 Å². The molecule has 114 valence electrons. The molecule has 0 saturated carbocycles. The Labute approximate surface area is 134 Å². The standard InChI is InChI=1S/C16H20ClNO2S/c1-3-8-19-13-5-4-12(10-18-2)15(9-13)20-11-14-6-7-16(17)21-14/h4-7,9,18H,3,8,10-11H2,1-2H3. The average Bonchev–Trinajstić information content (AvgIpc) is 2.90. The van der Waals surface area contributed by atoms with E-state index in [4.69, 9.17) is 21.1 Å². The van der Waals surface area contributed by atoms with Gasteiger partial charge in [0, 0.05) is 23.1 Å². The van der Waals surface area contributed by atoms with Gasteiger partial charge in [-0.3, -0.25) is 0 Å². The molecule has 0 aliphatic rings. The highest BCUT2D eigenvalue weighted by atomic mass is 35.5. The lowest BCUT2D eigenvalue weighted by atomic mass is 10.2. The van der Waals surface area contributed by atoms with Crippen LogP contribution in [0.25, 0.3) is 0 Å². The van der Waals surface area contributed by atoms with Crippen LogP contribution in [-0.4, -0.2) is 13.7 Å². The largest absolute Gasteiger partial charge is 0.493 e. The zero-order valence-corrected chi connectivity index (χ0v) is 13.9. The maximum Gasteiger partial charge on any atom is 0.128 e. The van der Waals surface area contributed by atoms with Crippen LogP contribution in [-0.2, 0) is 13.2 Å². The van der Waals surface area contributed by atoms with E-state index in [-0.39, 0.29) is 0 Å². The zero-order chi connectivity index (χ0) is 15.1. The van der Waals surface area contributed by atoms with E-state index < -0.39 is 0 Å². The van der Waals surface area contributed by atoms with Gasteiger partial charge < -0.3 is 14.8 Å². The third-order valence-corrected chi connectivity index (χ3v) is 4.08. The summed E-state index contributed by atoms with van der Waals surface area (Å²) in [6, 6.07) is 9.86. The summed E-state index contributed by atoms with van der Waals surface area (Å²) in [5, 5.41) is 3.15. The number of hydrogen-bond donors (Lipinski definition) is 1. The number of rotatable bonds is 8. The second kappa shape index (κ2) is 8.27. The molecule has 1 aromatic carbocycles. The highest BCUT2D eigenvalue weighted by Gasteiger charge is 2.07. The van der Waals surface area contributed by atoms with E-state index >= 15 is 0 Å². The normalized spacial score (nSPS) is 10.6. The van der Waals surface area contributed by atoms with Crippen LogP contribution in [0.4, 0.5) is 0 Å². The summed E-state index contributed by atoms with van der Waals surface area (Å²) in [5.41, 5.74) is 1.11. The van der Waals surface area contributed by atoms with Crippen LogP contribution in [0.2, 0.25) is 4.34 Å². The van der Waals surface area contributed by atoms with Crippen molar-refractivity contribution in [3.8, 4) is 11.5 Å². The first-order chi connectivity index (χ1) is 10.2. The monoisotopic (exact) mass is 325 g/mol. The highest BCUT2D eigenvalue weighted by molar-refractivity contribution is 7.16. The van der Waals surface area contributed by atoms with Gasteiger partial charge in [0.15, 0.2) is 0 Å². The first kappa shape index (κ1) is 16.1. The van der Waals surface area contributed by atoms with Gasteiger partial charge in [0.25, 0.3) is 0 Å². The van der Waals surface area contributed by atoms with Crippen LogP contribution in [0.15, 0.2) is 30.3 Å². The minimum atomic E-state index is 0.519. The van der Waals surface area contributed by atoms with E-state index in [9.17, 15) is 0 Å². The van der Waals surface area contributed by atoms with Crippen molar-refractivity contribution in [1.29, 1.82) is 0 Å². The van der Waals surface area contributed by atoms with Crippen LogP contribution in [0.1, 0.15) is 23.8 Å². The molecule has 2 rings (SSSR count). The summed E-state index contributed by atoms with van der Waals surface area (Å²) in [7, 11) is 1.92. The van der Waals surface area contributed by atoms with E-state index in [1.165, 1.54) is 11.3 Å². The van der Waals surface area contributed by atoms with Gasteiger partial charge in [-0.15, -0.1) is 11.3 Å². The van der Waals surface area contributed by atoms with Gasteiger partial charge in [-0.2, -0.15) is 0 Å². The molecule has 1 heterocycles. The maximum absolute atomic E-state index is 5.94. The molecule has 0 saturated heterocycles. The number of ether oxygens (including phenoxy) is 2. The lowest BCUT2D eigenvalue weighted by Crippen LogP contribution is -2.08. The first-order valence-corrected chi connectivity index (χ1v) is 8.19. The molecule has 3 nitrogen and oxygen atoms in total. The Morgan fingerprint density at radius 1 is 1.19 bits per heavy atom. The van der Waals surface area contributed by atoms with E-state index in [0.29, 0.717) is 13.2 Å². The molecule has 0 radical (unpaired) electrons. The zero-order valence-electron chi connectivity index (χ0n) is 12.3. The van der Waals surface area contributed by atoms with Gasteiger partial charge in [-0.1, -0.05) is 24.6 Å². The SMILES string of the molecule is CCCOc1ccc(CNC)c(OCc2ccc(Cl)s2)c1. The molecule has 0 aliphatic heterocycles. The van der Waals surface area contributed by atoms with Crippen molar-refractivity contribution in [2.75, 3.05) is 13.7 Å². The van der Waals surface area contributed by atoms with Crippen molar-refractivity contribution >= 4 is 22.9 Å². The number of benzene rings is 1. The first-order valence-electron chi connectivity index (χ1n) is 7.00. The van der Waals surface area contributed by atoms with Crippen LogP contribution in [0.3, 0.4) is 0 Å². The molecule has 0 atom stereocenters. The summed E-state index contributed by atoms with van der Waals surface area (Å²) in [5.74, 6) is 1.69. The fraction of sp³-hybridized carbons (Fsp3) is 0.375. The van der Waals surface area contributed by atoms with Crippen molar-refractivity contribution < 1.29 is 9.47 Å². The van der Waals surface area contributed by atoms with Gasteiger partial charge >= 0.3 is 0 Å². The number of nitrogens with one attached hydrogen (secondary N) is 1. The smallest absolute Gasteiger partial charge is 0.128 e. The Morgan fingerprint density at radius 3 is 2.71 bits per heavy atom. The van der Waals surface area contributed by atoms with Crippen LogP contribution >= 0.6 is 22.9 Å². The molecule has 1 aromatic heterocycles. The third kappa shape index (κ3) is 4.92. The minimum absolute atomic E-state index is 0.519. The summed E-state index contributed by atoms with van der Waals surface area (Å²) >= 11 is 7.48. The Morgan fingerprint density at radius 2 is 2.05 bits per heavy atom. The van der Waals surface area contributed by atoms with Crippen LogP contribution < -0.4 is 14.8 Å². The maximum atomic E-state index is 5.94. The predicted octanol–water partition coefficient (Wildman–Crippen LogP) is 4.49. The van der Waals surface area contributed by atoms with Crippen molar-refractivity contribution in [2.24, 2.45) is 0 Å². The number of halogens is 1. The van der Waals surface area contributed by atoms with Gasteiger partial charge in [0.2, 0.25) is 0 Å². The van der Waals surface area contributed by atoms with Crippen LogP contribution in [0, 0.1) is 0 Å². The summed E-state index contributed by atoms with van der Waals surface area (Å²) in [4.78, 5) is 1.11. The number of thiophene rings is 1. The molecule has 0 unspecified atom stereocenters. The topological polar surface area (TPSA) is 30.5 Å². The summed E-state index contributed by atoms with van der Waals surface area (Å²) < 4.78 is 12.4. The third-order valence-electron chi connectivity index (χ3n) is 2.88. The van der Waals surface area contributed by atoms with Gasteiger partial charge in [-0.05, 0) is 31.7 Å². The molecule has 0 aliphatic carbocycles. The van der Waals surface area contributed by atoms with Crippen molar-refractivity contribution in [3.05, 3.63) is 45.1 Å². The van der Waals surface area contributed by atoms with Gasteiger partial charge in [0.05, 0.1) is 10.9 Å². The summed E-state index contributed by atoms with van der Waals surface area (Å²) in [6.45, 7) is 4.08. The van der Waals surface area contributed by atoms with Crippen molar-refractivity contribution in [2.45, 2.75) is 26.5 Å². The molecular weight excluding hydrogens is 306 g/mol. The lowest BCUT2D eigenvalue weighted by molar-refractivity contribution is 0.294. The molecule has 0 spiro atoms. The Balaban J connectivity index is 2.09. The Bertz CT molecular complexity index is 571. The number of hydrogen-bond acceptors (Lipinski definition) is 4. The highest BCUT2D eigenvalue weighted by Crippen LogP contribution is 2.28. The fourth-order valence-electron chi connectivity index (χ4n) is 1.89. The van der Waals surface area contributed by atoms with E-state index in [1.54, 1.807) is 0 Å². The second-order valence-corrected chi connectivity index (χ2v) is 6.44. The van der Waals surface area contributed by atoms with E-state index in [1.807, 2.05) is 37.4 Å². The second-order valence-electron chi connectivity index (χ2n) is 4.64. The van der Waals surface area contributed by atoms with Gasteiger partial charge in [-0.25, -0.2) is 0 Å².